The van der Waals surface area contributed by atoms with Gasteiger partial charge in [0.25, 0.3) is 0 Å². The van der Waals surface area contributed by atoms with Crippen molar-refractivity contribution in [2.45, 2.75) is 58.8 Å². The van der Waals surface area contributed by atoms with E-state index in [0.717, 1.165) is 6.54 Å². The Morgan fingerprint density at radius 3 is 1.67 bits per heavy atom. The number of hydrogen-bond acceptors (Lipinski definition) is 1. The number of nitrogens with one attached hydrogen (secondary N) is 1. The third-order valence-electron chi connectivity index (χ3n) is 2.85. The number of anilines is 1. The molecule has 18 heavy (non-hydrogen) atoms. The highest BCUT2D eigenvalue weighted by atomic mass is 31.1. The van der Waals surface area contributed by atoms with E-state index in [1.807, 2.05) is 0 Å². The van der Waals surface area contributed by atoms with Crippen LogP contribution in [-0.4, -0.2) is 16.9 Å². The van der Waals surface area contributed by atoms with Crippen LogP contribution >= 0.6 is 7.92 Å². The van der Waals surface area contributed by atoms with Gasteiger partial charge >= 0.3 is 0 Å². The van der Waals surface area contributed by atoms with E-state index in [0.29, 0.717) is 10.3 Å². The van der Waals surface area contributed by atoms with E-state index in [2.05, 4.69) is 78.0 Å². The van der Waals surface area contributed by atoms with Crippen LogP contribution < -0.4 is 10.6 Å². The van der Waals surface area contributed by atoms with Gasteiger partial charge in [-0.1, -0.05) is 61.6 Å². The fourth-order valence-corrected chi connectivity index (χ4v) is 6.72. The third kappa shape index (κ3) is 3.99. The van der Waals surface area contributed by atoms with E-state index >= 15 is 0 Å². The van der Waals surface area contributed by atoms with E-state index in [-0.39, 0.29) is 7.92 Å². The molecule has 1 rings (SSSR count). The minimum Gasteiger partial charge on any atom is -0.385 e. The smallest absolute Gasteiger partial charge is 0.0340 e. The molecule has 0 bridgehead atoms. The molecule has 0 aliphatic heterocycles. The number of rotatable bonds is 3. The van der Waals surface area contributed by atoms with Crippen molar-refractivity contribution in [3.8, 4) is 0 Å². The van der Waals surface area contributed by atoms with Crippen molar-refractivity contribution < 1.29 is 0 Å². The Labute approximate surface area is 114 Å². The van der Waals surface area contributed by atoms with Gasteiger partial charge in [0.05, 0.1) is 0 Å². The first kappa shape index (κ1) is 15.5. The van der Waals surface area contributed by atoms with E-state index in [1.54, 1.807) is 0 Å². The van der Waals surface area contributed by atoms with Crippen molar-refractivity contribution >= 4 is 18.9 Å². The molecular formula is C16H28NP. The second-order valence-electron chi connectivity index (χ2n) is 6.75. The van der Waals surface area contributed by atoms with E-state index in [1.165, 1.54) is 11.0 Å². The normalized spacial score (nSPS) is 12.9. The van der Waals surface area contributed by atoms with Crippen molar-refractivity contribution in [2.75, 3.05) is 11.9 Å². The lowest BCUT2D eigenvalue weighted by Crippen LogP contribution is -2.31. The summed E-state index contributed by atoms with van der Waals surface area (Å²) in [6.45, 7) is 17.3. The van der Waals surface area contributed by atoms with Gasteiger partial charge in [0, 0.05) is 12.2 Å². The van der Waals surface area contributed by atoms with Gasteiger partial charge in [0.1, 0.15) is 0 Å². The number of hydrogen-bond donors (Lipinski definition) is 1. The van der Waals surface area contributed by atoms with Crippen LogP contribution in [0.5, 0.6) is 0 Å². The van der Waals surface area contributed by atoms with Crippen molar-refractivity contribution in [3.05, 3.63) is 24.3 Å². The van der Waals surface area contributed by atoms with Crippen LogP contribution in [0.15, 0.2) is 24.3 Å². The molecule has 0 spiro atoms. The maximum atomic E-state index is 3.36. The Hall–Kier alpha value is -0.550. The van der Waals surface area contributed by atoms with Gasteiger partial charge in [-0.25, -0.2) is 0 Å². The molecule has 1 aromatic rings. The summed E-state index contributed by atoms with van der Waals surface area (Å²) < 4.78 is 0. The van der Waals surface area contributed by atoms with Crippen LogP contribution in [0.2, 0.25) is 0 Å². The molecule has 0 aliphatic carbocycles. The molecule has 1 nitrogen and oxygen atoms in total. The van der Waals surface area contributed by atoms with Gasteiger partial charge in [-0.2, -0.15) is 0 Å². The minimum absolute atomic E-state index is 0.187. The van der Waals surface area contributed by atoms with Crippen LogP contribution in [-0.2, 0) is 0 Å². The first-order valence-electron chi connectivity index (χ1n) is 6.80. The molecular weight excluding hydrogens is 237 g/mol. The summed E-state index contributed by atoms with van der Waals surface area (Å²) in [4.78, 5) is 0. The monoisotopic (exact) mass is 265 g/mol. The molecule has 0 aromatic heterocycles. The van der Waals surface area contributed by atoms with E-state index in [4.69, 9.17) is 0 Å². The molecule has 102 valence electrons. The zero-order chi connectivity index (χ0) is 14.0. The van der Waals surface area contributed by atoms with E-state index in [9.17, 15) is 0 Å². The summed E-state index contributed by atoms with van der Waals surface area (Å²) in [7, 11) is -0.187. The lowest BCUT2D eigenvalue weighted by atomic mass is 10.2. The summed E-state index contributed by atoms with van der Waals surface area (Å²) >= 11 is 0. The van der Waals surface area contributed by atoms with Crippen molar-refractivity contribution in [3.63, 3.8) is 0 Å². The Morgan fingerprint density at radius 1 is 0.889 bits per heavy atom. The molecule has 0 unspecified atom stereocenters. The van der Waals surface area contributed by atoms with Crippen LogP contribution in [0.25, 0.3) is 0 Å². The van der Waals surface area contributed by atoms with Gasteiger partial charge in [-0.3, -0.25) is 0 Å². The Kier molecular flexibility index (Phi) is 4.84. The van der Waals surface area contributed by atoms with Gasteiger partial charge in [0.15, 0.2) is 0 Å². The first-order valence-corrected chi connectivity index (χ1v) is 8.14. The predicted octanol–water partition coefficient (Wildman–Crippen LogP) is 4.82. The summed E-state index contributed by atoms with van der Waals surface area (Å²) in [5.41, 5.74) is 1.22. The molecule has 2 heteroatoms. The maximum absolute atomic E-state index is 3.36. The quantitative estimate of drug-likeness (QED) is 0.772. The molecule has 0 atom stereocenters. The minimum atomic E-state index is -0.187. The molecule has 0 fully saturated rings. The topological polar surface area (TPSA) is 12.0 Å². The summed E-state index contributed by atoms with van der Waals surface area (Å²) in [5.74, 6) is 0. The van der Waals surface area contributed by atoms with Crippen LogP contribution in [0.3, 0.4) is 0 Å². The van der Waals surface area contributed by atoms with Crippen LogP contribution in [0.1, 0.15) is 48.5 Å². The zero-order valence-corrected chi connectivity index (χ0v) is 13.9. The molecule has 1 aromatic carbocycles. The number of benzene rings is 1. The second kappa shape index (κ2) is 5.61. The van der Waals surface area contributed by atoms with Gasteiger partial charge in [-0.05, 0) is 34.7 Å². The molecule has 0 aliphatic rings. The molecule has 0 radical (unpaired) electrons. The molecule has 0 saturated carbocycles. The first-order chi connectivity index (χ1) is 8.16. The third-order valence-corrected chi connectivity index (χ3v) is 6.35. The lowest BCUT2D eigenvalue weighted by molar-refractivity contribution is 0.715. The SMILES string of the molecule is CCNc1ccc(P(C(C)(C)C)C(C)(C)C)cc1. The van der Waals surface area contributed by atoms with Crippen molar-refractivity contribution in [1.82, 2.24) is 0 Å². The molecule has 0 heterocycles. The Balaban J connectivity index is 3.08. The molecule has 0 saturated heterocycles. The average Bonchev–Trinajstić information content (AvgIpc) is 2.17. The fourth-order valence-electron chi connectivity index (χ4n) is 2.71. The van der Waals surface area contributed by atoms with E-state index < -0.39 is 0 Å². The van der Waals surface area contributed by atoms with Crippen LogP contribution in [0.4, 0.5) is 5.69 Å². The van der Waals surface area contributed by atoms with Gasteiger partial charge in [-0.15, -0.1) is 0 Å². The standard InChI is InChI=1S/C16H28NP/c1-8-17-13-9-11-14(12-10-13)18(15(2,3)4)16(5,6)7/h9-12,17H,8H2,1-7H3. The van der Waals surface area contributed by atoms with Gasteiger partial charge in [0.2, 0.25) is 0 Å². The summed E-state index contributed by atoms with van der Waals surface area (Å²) in [5, 5.41) is 5.55. The largest absolute Gasteiger partial charge is 0.385 e. The second-order valence-corrected chi connectivity index (χ2v) is 10.6. The average molecular weight is 265 g/mol. The Morgan fingerprint density at radius 2 is 1.33 bits per heavy atom. The summed E-state index contributed by atoms with van der Waals surface area (Å²) in [6, 6.07) is 9.04. The highest BCUT2D eigenvalue weighted by Crippen LogP contribution is 2.58. The molecule has 1 N–H and O–H groups in total. The van der Waals surface area contributed by atoms with Crippen LogP contribution in [0, 0.1) is 0 Å². The molecule has 0 amide bonds. The maximum Gasteiger partial charge on any atom is 0.0340 e. The zero-order valence-electron chi connectivity index (χ0n) is 13.0. The highest BCUT2D eigenvalue weighted by molar-refractivity contribution is 7.68. The van der Waals surface area contributed by atoms with Gasteiger partial charge < -0.3 is 5.32 Å². The fraction of sp³-hybridized carbons (Fsp3) is 0.625. The Bertz CT molecular complexity index is 354. The highest BCUT2D eigenvalue weighted by Gasteiger charge is 2.35. The van der Waals surface area contributed by atoms with Crippen molar-refractivity contribution in [1.29, 1.82) is 0 Å². The summed E-state index contributed by atoms with van der Waals surface area (Å²) in [6.07, 6.45) is 0. The van der Waals surface area contributed by atoms with Crippen molar-refractivity contribution in [2.24, 2.45) is 0 Å². The predicted molar refractivity (Wildman–Crippen MR) is 86.7 cm³/mol. The lowest BCUT2D eigenvalue weighted by Gasteiger charge is -2.41.